The van der Waals surface area contributed by atoms with Crippen molar-refractivity contribution in [3.05, 3.63) is 42.0 Å². The Morgan fingerprint density at radius 2 is 1.55 bits per heavy atom. The van der Waals surface area contributed by atoms with Crippen LogP contribution in [0.3, 0.4) is 0 Å². The Morgan fingerprint density at radius 3 is 2.29 bits per heavy atom. The Labute approximate surface area is 179 Å². The lowest BCUT2D eigenvalue weighted by atomic mass is 10.0. The van der Waals surface area contributed by atoms with Crippen molar-refractivity contribution < 1.29 is 23.9 Å². The summed E-state index contributed by atoms with van der Waals surface area (Å²) >= 11 is 0. The van der Waals surface area contributed by atoms with Crippen molar-refractivity contribution in [2.75, 3.05) is 35.3 Å². The third-order valence-corrected chi connectivity index (χ3v) is 5.66. The molecule has 0 bridgehead atoms. The molecule has 160 valence electrons. The molecule has 0 saturated heterocycles. The summed E-state index contributed by atoms with van der Waals surface area (Å²) in [5, 5.41) is 5.21. The van der Waals surface area contributed by atoms with E-state index in [1.165, 1.54) is 0 Å². The second-order valence-corrected chi connectivity index (χ2v) is 7.98. The summed E-state index contributed by atoms with van der Waals surface area (Å²) in [5.41, 5.74) is 2.83. The molecule has 0 aromatic heterocycles. The van der Waals surface area contributed by atoms with Crippen LogP contribution in [0.5, 0.6) is 11.5 Å². The number of nitrogens with zero attached hydrogens (tertiary/aromatic N) is 1. The molecule has 0 spiro atoms. The molecule has 8 heteroatoms. The maximum Gasteiger partial charge on any atom is 0.314 e. The van der Waals surface area contributed by atoms with Gasteiger partial charge in [-0.2, -0.15) is 0 Å². The molecule has 1 fully saturated rings. The number of nitrogens with one attached hydrogen (secondary N) is 2. The van der Waals surface area contributed by atoms with Crippen LogP contribution in [0, 0.1) is 5.92 Å². The normalized spacial score (nSPS) is 16.8. The number of carbonyl (C=O) groups excluding carboxylic acids is 3. The zero-order chi connectivity index (χ0) is 21.4. The maximum atomic E-state index is 12.6. The summed E-state index contributed by atoms with van der Waals surface area (Å²) in [4.78, 5) is 39.3. The molecule has 2 heterocycles. The zero-order valence-corrected chi connectivity index (χ0v) is 17.0. The third-order valence-electron chi connectivity index (χ3n) is 5.66. The van der Waals surface area contributed by atoms with E-state index in [4.69, 9.17) is 9.47 Å². The van der Waals surface area contributed by atoms with Crippen LogP contribution in [0.1, 0.15) is 24.8 Å². The van der Waals surface area contributed by atoms with Gasteiger partial charge in [0.2, 0.25) is 5.91 Å². The predicted molar refractivity (Wildman–Crippen MR) is 115 cm³/mol. The van der Waals surface area contributed by atoms with Crippen molar-refractivity contribution in [1.82, 2.24) is 0 Å². The molecule has 2 aromatic carbocycles. The van der Waals surface area contributed by atoms with Gasteiger partial charge in [-0.15, -0.1) is 0 Å². The fourth-order valence-corrected chi connectivity index (χ4v) is 3.93. The molecule has 3 amide bonds. The number of ether oxygens (including phenoxy) is 2. The predicted octanol–water partition coefficient (Wildman–Crippen LogP) is 2.72. The second kappa shape index (κ2) is 7.94. The number of rotatable bonds is 3. The van der Waals surface area contributed by atoms with Gasteiger partial charge in [-0.05, 0) is 55.5 Å². The largest absolute Gasteiger partial charge is 0.486 e. The maximum absolute atomic E-state index is 12.6. The van der Waals surface area contributed by atoms with Gasteiger partial charge >= 0.3 is 11.8 Å². The fraction of sp³-hybridized carbons (Fsp3) is 0.348. The zero-order valence-electron chi connectivity index (χ0n) is 17.0. The van der Waals surface area contributed by atoms with Gasteiger partial charge in [-0.1, -0.05) is 6.07 Å². The SMILES string of the molecule is O=C(Nc1ccc2c(c1)OCCO2)C(=O)Nc1ccc2c(c1)N(C(=O)C1CC1)CCC2. The highest BCUT2D eigenvalue weighted by Gasteiger charge is 2.35. The molecule has 2 N–H and O–H groups in total. The van der Waals surface area contributed by atoms with Gasteiger partial charge in [0.1, 0.15) is 13.2 Å². The van der Waals surface area contributed by atoms with Crippen LogP contribution in [0.4, 0.5) is 17.1 Å². The van der Waals surface area contributed by atoms with Gasteiger partial charge in [0.25, 0.3) is 0 Å². The Morgan fingerprint density at radius 1 is 0.871 bits per heavy atom. The van der Waals surface area contributed by atoms with Gasteiger partial charge in [0.15, 0.2) is 11.5 Å². The molecule has 3 aliphatic rings. The average molecular weight is 421 g/mol. The molecule has 2 aliphatic heterocycles. The summed E-state index contributed by atoms with van der Waals surface area (Å²) < 4.78 is 11.0. The van der Waals surface area contributed by atoms with E-state index >= 15 is 0 Å². The number of fused-ring (bicyclic) bond motifs is 2. The third kappa shape index (κ3) is 4.05. The minimum Gasteiger partial charge on any atom is -0.486 e. The molecule has 5 rings (SSSR count). The highest BCUT2D eigenvalue weighted by molar-refractivity contribution is 6.43. The van der Waals surface area contributed by atoms with E-state index in [1.54, 1.807) is 30.3 Å². The standard InChI is InChI=1S/C23H23N3O5/c27-21(22(28)25-17-7-8-19-20(13-17)31-11-10-30-19)24-16-6-5-14-2-1-9-26(18(14)12-16)23(29)15-3-4-15/h5-8,12-13,15H,1-4,9-11H2,(H,24,27)(H,25,28). The highest BCUT2D eigenvalue weighted by Crippen LogP contribution is 2.37. The smallest absolute Gasteiger partial charge is 0.314 e. The molecule has 0 atom stereocenters. The van der Waals surface area contributed by atoms with Crippen LogP contribution in [-0.4, -0.2) is 37.5 Å². The van der Waals surface area contributed by atoms with Gasteiger partial charge in [-0.25, -0.2) is 0 Å². The summed E-state index contributed by atoms with van der Waals surface area (Å²) in [5.74, 6) is -0.166. The van der Waals surface area contributed by atoms with Crippen molar-refractivity contribution in [2.24, 2.45) is 5.92 Å². The average Bonchev–Trinajstić information content (AvgIpc) is 3.63. The van der Waals surface area contributed by atoms with Crippen molar-refractivity contribution in [3.8, 4) is 11.5 Å². The van der Waals surface area contributed by atoms with E-state index in [-0.39, 0.29) is 11.8 Å². The first-order chi connectivity index (χ1) is 15.1. The van der Waals surface area contributed by atoms with Crippen LogP contribution < -0.4 is 25.0 Å². The Bertz CT molecular complexity index is 1060. The highest BCUT2D eigenvalue weighted by atomic mass is 16.6. The molecule has 1 saturated carbocycles. The molecular weight excluding hydrogens is 398 g/mol. The topological polar surface area (TPSA) is 97.0 Å². The summed E-state index contributed by atoms with van der Waals surface area (Å²) in [6.45, 7) is 1.60. The lowest BCUT2D eigenvalue weighted by Gasteiger charge is -2.30. The van der Waals surface area contributed by atoms with Crippen molar-refractivity contribution in [1.29, 1.82) is 0 Å². The van der Waals surface area contributed by atoms with Crippen LogP contribution in [0.25, 0.3) is 0 Å². The fourth-order valence-electron chi connectivity index (χ4n) is 3.93. The lowest BCUT2D eigenvalue weighted by molar-refractivity contribution is -0.133. The minimum absolute atomic E-state index is 0.126. The van der Waals surface area contributed by atoms with Crippen LogP contribution in [-0.2, 0) is 20.8 Å². The van der Waals surface area contributed by atoms with Gasteiger partial charge in [0.05, 0.1) is 0 Å². The van der Waals surface area contributed by atoms with E-state index in [0.29, 0.717) is 42.6 Å². The Hall–Kier alpha value is -3.55. The Balaban J connectivity index is 1.27. The van der Waals surface area contributed by atoms with E-state index < -0.39 is 11.8 Å². The quantitative estimate of drug-likeness (QED) is 0.743. The first kappa shape index (κ1) is 19.4. The summed E-state index contributed by atoms with van der Waals surface area (Å²) in [7, 11) is 0. The monoisotopic (exact) mass is 421 g/mol. The van der Waals surface area contributed by atoms with Crippen LogP contribution >= 0.6 is 0 Å². The van der Waals surface area contributed by atoms with E-state index in [0.717, 1.165) is 36.9 Å². The number of benzene rings is 2. The number of anilines is 3. The second-order valence-electron chi connectivity index (χ2n) is 7.98. The Kier molecular flexibility index (Phi) is 4.97. The van der Waals surface area contributed by atoms with Crippen molar-refractivity contribution in [2.45, 2.75) is 25.7 Å². The van der Waals surface area contributed by atoms with Crippen LogP contribution in [0.15, 0.2) is 36.4 Å². The summed E-state index contributed by atoms with van der Waals surface area (Å²) in [6.07, 6.45) is 3.71. The number of aryl methyl sites for hydroxylation is 1. The summed E-state index contributed by atoms with van der Waals surface area (Å²) in [6, 6.07) is 10.4. The number of carbonyl (C=O) groups is 3. The molecule has 31 heavy (non-hydrogen) atoms. The van der Waals surface area contributed by atoms with Gasteiger partial charge in [-0.3, -0.25) is 14.4 Å². The molecule has 1 aliphatic carbocycles. The first-order valence-electron chi connectivity index (χ1n) is 10.5. The van der Waals surface area contributed by atoms with E-state index in [9.17, 15) is 14.4 Å². The van der Waals surface area contributed by atoms with Crippen LogP contribution in [0.2, 0.25) is 0 Å². The van der Waals surface area contributed by atoms with Gasteiger partial charge < -0.3 is 25.0 Å². The first-order valence-corrected chi connectivity index (χ1v) is 10.5. The molecule has 0 radical (unpaired) electrons. The molecule has 0 unspecified atom stereocenters. The molecule has 8 nitrogen and oxygen atoms in total. The van der Waals surface area contributed by atoms with E-state index in [1.807, 2.05) is 11.0 Å². The van der Waals surface area contributed by atoms with Gasteiger partial charge in [0, 0.05) is 35.6 Å². The van der Waals surface area contributed by atoms with E-state index in [2.05, 4.69) is 10.6 Å². The number of amides is 3. The minimum atomic E-state index is -0.791. The van der Waals surface area contributed by atoms with Crippen molar-refractivity contribution >= 4 is 34.8 Å². The molecular formula is C23H23N3O5. The molecule has 2 aromatic rings. The number of hydrogen-bond acceptors (Lipinski definition) is 5. The number of hydrogen-bond donors (Lipinski definition) is 2. The lowest BCUT2D eigenvalue weighted by Crippen LogP contribution is -2.36. The van der Waals surface area contributed by atoms with Crippen molar-refractivity contribution in [3.63, 3.8) is 0 Å².